The predicted octanol–water partition coefficient (Wildman–Crippen LogP) is 2.31. The summed E-state index contributed by atoms with van der Waals surface area (Å²) in [6.07, 6.45) is 0.575. The van der Waals surface area contributed by atoms with Crippen LogP contribution < -0.4 is 3.71 Å². The van der Waals surface area contributed by atoms with Gasteiger partial charge in [-0.1, -0.05) is 36.4 Å². The fourth-order valence-corrected chi connectivity index (χ4v) is 4.28. The highest BCUT2D eigenvalue weighted by atomic mass is 32.3. The van der Waals surface area contributed by atoms with Gasteiger partial charge in [0.1, 0.15) is 0 Å². The summed E-state index contributed by atoms with van der Waals surface area (Å²) in [6, 6.07) is 12.3. The Morgan fingerprint density at radius 1 is 0.833 bits per heavy atom. The number of hydrogen-bond donors (Lipinski definition) is 2. The minimum atomic E-state index is -5.19. The van der Waals surface area contributed by atoms with Crippen molar-refractivity contribution in [3.05, 3.63) is 64.7 Å². The summed E-state index contributed by atoms with van der Waals surface area (Å²) in [4.78, 5) is 0. The van der Waals surface area contributed by atoms with E-state index in [2.05, 4.69) is 0 Å². The zero-order chi connectivity index (χ0) is 18.1. The van der Waals surface area contributed by atoms with Crippen molar-refractivity contribution in [3.8, 4) is 0 Å². The van der Waals surface area contributed by atoms with E-state index >= 15 is 0 Å². The van der Waals surface area contributed by atoms with Gasteiger partial charge in [-0.05, 0) is 48.6 Å². The standard InChI is InChI=1S/C15H17NO6S2/c1-11-12(2)15(16(23(17,18)19)24(20,21)22)9-8-14(11)10-13-6-4-3-5-7-13/h3-9H,10H2,1-2H3,(H,17,18,19)(H,20,21,22). The first-order valence-electron chi connectivity index (χ1n) is 6.90. The fourth-order valence-electron chi connectivity index (χ4n) is 2.44. The van der Waals surface area contributed by atoms with Crippen molar-refractivity contribution >= 4 is 26.3 Å². The quantitative estimate of drug-likeness (QED) is 0.780. The Morgan fingerprint density at radius 2 is 1.38 bits per heavy atom. The van der Waals surface area contributed by atoms with E-state index in [-0.39, 0.29) is 5.69 Å². The number of hydrogen-bond acceptors (Lipinski definition) is 4. The van der Waals surface area contributed by atoms with Crippen LogP contribution in [0.4, 0.5) is 5.69 Å². The van der Waals surface area contributed by atoms with Crippen LogP contribution in [0, 0.1) is 13.8 Å². The molecule has 0 heterocycles. The van der Waals surface area contributed by atoms with Crippen LogP contribution in [0.3, 0.4) is 0 Å². The highest BCUT2D eigenvalue weighted by molar-refractivity contribution is 8.05. The van der Waals surface area contributed by atoms with E-state index in [0.717, 1.165) is 11.1 Å². The molecule has 2 N–H and O–H groups in total. The van der Waals surface area contributed by atoms with Crippen LogP contribution in [0.15, 0.2) is 42.5 Å². The SMILES string of the molecule is Cc1c(Cc2ccccc2)ccc(N(S(=O)(=O)O)S(=O)(=O)O)c1C. The Bertz CT molecular complexity index is 921. The van der Waals surface area contributed by atoms with Gasteiger partial charge in [0.15, 0.2) is 0 Å². The second-order valence-corrected chi connectivity index (χ2v) is 8.06. The summed E-state index contributed by atoms with van der Waals surface area (Å²) >= 11 is 0. The number of nitrogens with zero attached hydrogens (tertiary/aromatic N) is 1. The first-order valence-corrected chi connectivity index (χ1v) is 9.69. The average molecular weight is 371 g/mol. The summed E-state index contributed by atoms with van der Waals surface area (Å²) in [5.74, 6) is 0. The molecule has 9 heteroatoms. The maximum Gasteiger partial charge on any atom is 0.375 e. The Morgan fingerprint density at radius 3 is 1.88 bits per heavy atom. The number of benzene rings is 2. The lowest BCUT2D eigenvalue weighted by Gasteiger charge is -2.21. The van der Waals surface area contributed by atoms with Gasteiger partial charge in [-0.15, -0.1) is 3.71 Å². The van der Waals surface area contributed by atoms with Crippen molar-refractivity contribution in [1.29, 1.82) is 0 Å². The zero-order valence-corrected chi connectivity index (χ0v) is 14.7. The fraction of sp³-hybridized carbons (Fsp3) is 0.200. The van der Waals surface area contributed by atoms with E-state index in [1.807, 2.05) is 30.3 Å². The van der Waals surface area contributed by atoms with Crippen LogP contribution in [0.1, 0.15) is 22.3 Å². The molecule has 0 unspecified atom stereocenters. The first kappa shape index (κ1) is 18.4. The monoisotopic (exact) mass is 371 g/mol. The maximum atomic E-state index is 11.4. The summed E-state index contributed by atoms with van der Waals surface area (Å²) in [7, 11) is -10.4. The third-order valence-corrected chi connectivity index (χ3v) is 6.09. The van der Waals surface area contributed by atoms with Gasteiger partial charge in [0.05, 0.1) is 5.69 Å². The molecule has 0 aromatic heterocycles. The van der Waals surface area contributed by atoms with Crippen LogP contribution in [0.5, 0.6) is 0 Å². The van der Waals surface area contributed by atoms with Crippen molar-refractivity contribution in [1.82, 2.24) is 0 Å². The molecule has 2 rings (SSSR count). The molecule has 0 spiro atoms. The normalized spacial score (nSPS) is 12.2. The van der Waals surface area contributed by atoms with E-state index in [1.165, 1.54) is 13.0 Å². The second kappa shape index (κ2) is 6.52. The highest BCUT2D eigenvalue weighted by Gasteiger charge is 2.33. The predicted molar refractivity (Wildman–Crippen MR) is 90.7 cm³/mol. The van der Waals surface area contributed by atoms with Gasteiger partial charge in [0, 0.05) is 0 Å². The van der Waals surface area contributed by atoms with E-state index in [4.69, 9.17) is 9.11 Å². The van der Waals surface area contributed by atoms with E-state index in [0.29, 0.717) is 17.5 Å². The molecular weight excluding hydrogens is 354 g/mol. The van der Waals surface area contributed by atoms with Crippen molar-refractivity contribution in [2.75, 3.05) is 3.71 Å². The van der Waals surface area contributed by atoms with Crippen LogP contribution in [-0.4, -0.2) is 25.9 Å². The van der Waals surface area contributed by atoms with Crippen molar-refractivity contribution in [2.24, 2.45) is 0 Å². The Balaban J connectivity index is 2.54. The number of anilines is 1. The summed E-state index contributed by atoms with van der Waals surface area (Å²) in [5, 5.41) is 0. The molecule has 0 saturated heterocycles. The molecule has 0 aliphatic rings. The lowest BCUT2D eigenvalue weighted by molar-refractivity contribution is 0.466. The molecule has 0 amide bonds. The summed E-state index contributed by atoms with van der Waals surface area (Å²) < 4.78 is 63.3. The molecule has 2 aromatic rings. The lowest BCUT2D eigenvalue weighted by Crippen LogP contribution is -2.36. The minimum absolute atomic E-state index is 0.318. The van der Waals surface area contributed by atoms with Gasteiger partial charge in [-0.3, -0.25) is 9.11 Å². The van der Waals surface area contributed by atoms with Gasteiger partial charge in [0.25, 0.3) is 0 Å². The molecule has 130 valence electrons. The Labute approximate surface area is 141 Å². The molecular formula is C15H17NO6S2. The van der Waals surface area contributed by atoms with E-state index in [9.17, 15) is 16.8 Å². The van der Waals surface area contributed by atoms with Crippen LogP contribution >= 0.6 is 0 Å². The Kier molecular flexibility index (Phi) is 5.00. The maximum absolute atomic E-state index is 11.4. The van der Waals surface area contributed by atoms with Crippen LogP contribution in [0.2, 0.25) is 0 Å². The molecule has 0 bridgehead atoms. The number of rotatable bonds is 5. The second-order valence-electron chi connectivity index (χ2n) is 5.31. The molecule has 24 heavy (non-hydrogen) atoms. The van der Waals surface area contributed by atoms with Crippen LogP contribution in [-0.2, 0) is 27.0 Å². The van der Waals surface area contributed by atoms with Crippen molar-refractivity contribution in [2.45, 2.75) is 20.3 Å². The molecule has 0 radical (unpaired) electrons. The molecule has 0 saturated carbocycles. The van der Waals surface area contributed by atoms with Gasteiger partial charge < -0.3 is 0 Å². The molecule has 0 fully saturated rings. The van der Waals surface area contributed by atoms with Gasteiger partial charge in [-0.25, -0.2) is 0 Å². The third kappa shape index (κ3) is 3.93. The van der Waals surface area contributed by atoms with Crippen molar-refractivity contribution < 1.29 is 25.9 Å². The summed E-state index contributed by atoms with van der Waals surface area (Å²) in [5.41, 5.74) is 2.56. The van der Waals surface area contributed by atoms with E-state index in [1.54, 1.807) is 13.0 Å². The lowest BCUT2D eigenvalue weighted by atomic mass is 9.96. The van der Waals surface area contributed by atoms with Gasteiger partial charge >= 0.3 is 20.6 Å². The highest BCUT2D eigenvalue weighted by Crippen LogP contribution is 2.30. The topological polar surface area (TPSA) is 112 Å². The molecule has 2 aromatic carbocycles. The van der Waals surface area contributed by atoms with Gasteiger partial charge in [0.2, 0.25) is 0 Å². The molecule has 0 aliphatic heterocycles. The third-order valence-electron chi connectivity index (χ3n) is 3.72. The summed E-state index contributed by atoms with van der Waals surface area (Å²) in [6.45, 7) is 3.23. The minimum Gasteiger partial charge on any atom is -0.268 e. The largest absolute Gasteiger partial charge is 0.375 e. The molecule has 0 aliphatic carbocycles. The average Bonchev–Trinajstić information content (AvgIpc) is 2.45. The molecule has 0 atom stereocenters. The molecule has 7 nitrogen and oxygen atoms in total. The Hall–Kier alpha value is -1.94. The zero-order valence-electron chi connectivity index (χ0n) is 13.0. The van der Waals surface area contributed by atoms with Gasteiger partial charge in [-0.2, -0.15) is 16.8 Å². The van der Waals surface area contributed by atoms with Crippen molar-refractivity contribution in [3.63, 3.8) is 0 Å². The van der Waals surface area contributed by atoms with E-state index < -0.39 is 24.3 Å². The van der Waals surface area contributed by atoms with Crippen LogP contribution in [0.25, 0.3) is 0 Å². The first-order chi connectivity index (χ1) is 11.0. The smallest absolute Gasteiger partial charge is 0.268 e.